The standard InChI is InChI=1S/C23H26N2O2/c1-16-7-6-8-17(13-16)15-25-21-12-5-4-11-19(21)20(22(25)23(26)27)14-24-18-9-2-3-10-18/h4-8,11-13,18,24H,2-3,9-10,14-15H2,1H3,(H,26,27). The van der Waals surface area contributed by atoms with Crippen molar-refractivity contribution in [3.8, 4) is 0 Å². The highest BCUT2D eigenvalue weighted by atomic mass is 16.4. The molecule has 1 heterocycles. The molecular weight excluding hydrogens is 336 g/mol. The van der Waals surface area contributed by atoms with Gasteiger partial charge in [-0.2, -0.15) is 0 Å². The van der Waals surface area contributed by atoms with Gasteiger partial charge in [-0.1, -0.05) is 60.9 Å². The second kappa shape index (κ2) is 7.57. The molecule has 2 N–H and O–H groups in total. The van der Waals surface area contributed by atoms with Gasteiger partial charge in [0.05, 0.1) is 0 Å². The van der Waals surface area contributed by atoms with Crippen LogP contribution in [-0.2, 0) is 13.1 Å². The maximum Gasteiger partial charge on any atom is 0.352 e. The molecule has 140 valence electrons. The molecule has 1 aliphatic carbocycles. The van der Waals surface area contributed by atoms with Gasteiger partial charge in [0, 0.05) is 35.6 Å². The molecule has 27 heavy (non-hydrogen) atoms. The molecule has 1 saturated carbocycles. The zero-order valence-electron chi connectivity index (χ0n) is 15.7. The molecule has 0 spiro atoms. The van der Waals surface area contributed by atoms with Crippen molar-refractivity contribution in [1.29, 1.82) is 0 Å². The van der Waals surface area contributed by atoms with Crippen LogP contribution in [0.25, 0.3) is 10.9 Å². The van der Waals surface area contributed by atoms with Crippen LogP contribution in [0.15, 0.2) is 48.5 Å². The number of hydrogen-bond acceptors (Lipinski definition) is 2. The Bertz CT molecular complexity index is 968. The second-order valence-corrected chi connectivity index (χ2v) is 7.59. The van der Waals surface area contributed by atoms with E-state index in [1.165, 1.54) is 31.2 Å². The van der Waals surface area contributed by atoms with Crippen LogP contribution in [0.5, 0.6) is 0 Å². The van der Waals surface area contributed by atoms with Crippen molar-refractivity contribution in [2.75, 3.05) is 0 Å². The third kappa shape index (κ3) is 3.62. The molecular formula is C23H26N2O2. The number of aryl methyl sites for hydroxylation is 1. The third-order valence-electron chi connectivity index (χ3n) is 5.62. The van der Waals surface area contributed by atoms with Crippen LogP contribution in [0.3, 0.4) is 0 Å². The highest BCUT2D eigenvalue weighted by Gasteiger charge is 2.23. The number of aromatic nitrogens is 1. The van der Waals surface area contributed by atoms with E-state index in [9.17, 15) is 9.90 Å². The Balaban J connectivity index is 1.77. The molecule has 2 aromatic carbocycles. The molecule has 1 fully saturated rings. The monoisotopic (exact) mass is 362 g/mol. The number of rotatable bonds is 6. The van der Waals surface area contributed by atoms with Gasteiger partial charge in [-0.25, -0.2) is 4.79 Å². The van der Waals surface area contributed by atoms with Crippen molar-refractivity contribution in [2.45, 2.75) is 51.7 Å². The maximum absolute atomic E-state index is 12.2. The van der Waals surface area contributed by atoms with Gasteiger partial charge in [-0.15, -0.1) is 0 Å². The molecule has 4 nitrogen and oxygen atoms in total. The molecule has 0 radical (unpaired) electrons. The van der Waals surface area contributed by atoms with Gasteiger partial charge in [0.2, 0.25) is 0 Å². The molecule has 0 saturated heterocycles. The van der Waals surface area contributed by atoms with Gasteiger partial charge in [0.15, 0.2) is 0 Å². The quantitative estimate of drug-likeness (QED) is 0.667. The summed E-state index contributed by atoms with van der Waals surface area (Å²) < 4.78 is 1.96. The summed E-state index contributed by atoms with van der Waals surface area (Å²) in [6.07, 6.45) is 4.89. The van der Waals surface area contributed by atoms with Crippen molar-refractivity contribution in [2.24, 2.45) is 0 Å². The summed E-state index contributed by atoms with van der Waals surface area (Å²) in [7, 11) is 0. The van der Waals surface area contributed by atoms with Crippen LogP contribution in [0, 0.1) is 6.92 Å². The van der Waals surface area contributed by atoms with Crippen LogP contribution in [0.4, 0.5) is 0 Å². The lowest BCUT2D eigenvalue weighted by Gasteiger charge is -2.13. The summed E-state index contributed by atoms with van der Waals surface area (Å²) in [5, 5.41) is 14.7. The first-order valence-corrected chi connectivity index (χ1v) is 9.76. The molecule has 4 rings (SSSR count). The Kier molecular flexibility index (Phi) is 4.99. The summed E-state index contributed by atoms with van der Waals surface area (Å²) in [4.78, 5) is 12.2. The predicted octanol–water partition coefficient (Wildman–Crippen LogP) is 4.73. The van der Waals surface area contributed by atoms with E-state index in [2.05, 4.69) is 30.4 Å². The highest BCUT2D eigenvalue weighted by molar-refractivity contribution is 5.98. The number of carboxylic acids is 1. The SMILES string of the molecule is Cc1cccc(Cn2c(C(=O)O)c(CNC3CCCC3)c3ccccc32)c1. The van der Waals surface area contributed by atoms with E-state index in [-0.39, 0.29) is 0 Å². The summed E-state index contributed by atoms with van der Waals surface area (Å²) in [5.41, 5.74) is 4.60. The van der Waals surface area contributed by atoms with Gasteiger partial charge >= 0.3 is 5.97 Å². The summed E-state index contributed by atoms with van der Waals surface area (Å²) in [6, 6.07) is 16.8. The second-order valence-electron chi connectivity index (χ2n) is 7.59. The van der Waals surface area contributed by atoms with Gasteiger partial charge < -0.3 is 15.0 Å². The van der Waals surface area contributed by atoms with Gasteiger partial charge in [-0.05, 0) is 31.4 Å². The first-order valence-electron chi connectivity index (χ1n) is 9.76. The largest absolute Gasteiger partial charge is 0.477 e. The van der Waals surface area contributed by atoms with Crippen molar-refractivity contribution in [1.82, 2.24) is 9.88 Å². The molecule has 4 heteroatoms. The zero-order chi connectivity index (χ0) is 18.8. The van der Waals surface area contributed by atoms with Crippen LogP contribution >= 0.6 is 0 Å². The molecule has 1 aromatic heterocycles. The van der Waals surface area contributed by atoms with Gasteiger partial charge in [0.1, 0.15) is 5.69 Å². The molecule has 1 aliphatic rings. The van der Waals surface area contributed by atoms with E-state index >= 15 is 0 Å². The van der Waals surface area contributed by atoms with Crippen molar-refractivity contribution < 1.29 is 9.90 Å². The summed E-state index contributed by atoms with van der Waals surface area (Å²) in [6.45, 7) is 3.23. The number of fused-ring (bicyclic) bond motifs is 1. The van der Waals surface area contributed by atoms with E-state index < -0.39 is 5.97 Å². The Morgan fingerprint density at radius 1 is 1.15 bits per heavy atom. The molecule has 3 aromatic rings. The fourth-order valence-corrected chi connectivity index (χ4v) is 4.33. The third-order valence-corrected chi connectivity index (χ3v) is 5.62. The Morgan fingerprint density at radius 2 is 1.93 bits per heavy atom. The normalized spacial score (nSPS) is 14.9. The minimum absolute atomic E-state index is 0.406. The van der Waals surface area contributed by atoms with E-state index in [1.807, 2.05) is 34.9 Å². The number of carbonyl (C=O) groups is 1. The number of benzene rings is 2. The number of hydrogen-bond donors (Lipinski definition) is 2. The van der Waals surface area contributed by atoms with E-state index in [4.69, 9.17) is 0 Å². The molecule has 0 bridgehead atoms. The van der Waals surface area contributed by atoms with E-state index in [0.29, 0.717) is 24.8 Å². The summed E-state index contributed by atoms with van der Waals surface area (Å²) in [5.74, 6) is -0.859. The Labute approximate surface area is 159 Å². The summed E-state index contributed by atoms with van der Waals surface area (Å²) >= 11 is 0. The average molecular weight is 362 g/mol. The minimum atomic E-state index is -0.859. The van der Waals surface area contributed by atoms with Gasteiger partial charge in [0.25, 0.3) is 0 Å². The number of carboxylic acid groups (broad SMARTS) is 1. The molecule has 0 atom stereocenters. The predicted molar refractivity (Wildman–Crippen MR) is 108 cm³/mol. The molecule has 0 unspecified atom stereocenters. The lowest BCUT2D eigenvalue weighted by Crippen LogP contribution is -2.26. The maximum atomic E-state index is 12.2. The fourth-order valence-electron chi connectivity index (χ4n) is 4.33. The highest BCUT2D eigenvalue weighted by Crippen LogP contribution is 2.28. The Hall–Kier alpha value is -2.59. The van der Waals surface area contributed by atoms with Crippen LogP contribution in [0.1, 0.15) is 52.9 Å². The number of para-hydroxylation sites is 1. The number of aromatic carboxylic acids is 1. The molecule has 0 aliphatic heterocycles. The number of nitrogens with zero attached hydrogens (tertiary/aromatic N) is 1. The topological polar surface area (TPSA) is 54.3 Å². The number of nitrogens with one attached hydrogen (secondary N) is 1. The van der Waals surface area contributed by atoms with Crippen LogP contribution in [-0.4, -0.2) is 21.7 Å². The molecule has 0 amide bonds. The van der Waals surface area contributed by atoms with Gasteiger partial charge in [-0.3, -0.25) is 0 Å². The lowest BCUT2D eigenvalue weighted by atomic mass is 10.1. The van der Waals surface area contributed by atoms with Crippen molar-refractivity contribution >= 4 is 16.9 Å². The van der Waals surface area contributed by atoms with Crippen LogP contribution in [0.2, 0.25) is 0 Å². The first-order chi connectivity index (χ1) is 13.1. The fraction of sp³-hybridized carbons (Fsp3) is 0.348. The Morgan fingerprint density at radius 3 is 2.67 bits per heavy atom. The smallest absolute Gasteiger partial charge is 0.352 e. The van der Waals surface area contributed by atoms with E-state index in [1.54, 1.807) is 0 Å². The van der Waals surface area contributed by atoms with E-state index in [0.717, 1.165) is 22.0 Å². The van der Waals surface area contributed by atoms with Crippen molar-refractivity contribution in [3.05, 3.63) is 70.9 Å². The van der Waals surface area contributed by atoms with Crippen LogP contribution < -0.4 is 5.32 Å². The average Bonchev–Trinajstić information content (AvgIpc) is 3.27. The lowest BCUT2D eigenvalue weighted by molar-refractivity contribution is 0.0684. The van der Waals surface area contributed by atoms with Crippen molar-refractivity contribution in [3.63, 3.8) is 0 Å². The first kappa shape index (κ1) is 17.8. The minimum Gasteiger partial charge on any atom is -0.477 e. The zero-order valence-corrected chi connectivity index (χ0v) is 15.7.